The molecule has 0 radical (unpaired) electrons. The van der Waals surface area contributed by atoms with Crippen molar-refractivity contribution in [2.75, 3.05) is 12.5 Å². The third-order valence-electron chi connectivity index (χ3n) is 5.69. The van der Waals surface area contributed by atoms with Gasteiger partial charge in [0.05, 0.1) is 18.8 Å². The summed E-state index contributed by atoms with van der Waals surface area (Å²) >= 11 is 5.95. The van der Waals surface area contributed by atoms with Crippen LogP contribution in [-0.4, -0.2) is 33.1 Å². The average molecular weight is 501 g/mol. The van der Waals surface area contributed by atoms with E-state index in [1.807, 2.05) is 60.7 Å². The monoisotopic (exact) mass is 500 g/mol. The Kier molecular flexibility index (Phi) is 6.95. The molecule has 3 aromatic carbocycles. The van der Waals surface area contributed by atoms with Crippen LogP contribution in [0.3, 0.4) is 0 Å². The van der Waals surface area contributed by atoms with Gasteiger partial charge in [0, 0.05) is 17.0 Å². The van der Waals surface area contributed by atoms with Crippen molar-refractivity contribution in [3.63, 3.8) is 0 Å². The molecule has 0 bridgehead atoms. The predicted octanol–water partition coefficient (Wildman–Crippen LogP) is 6.08. The molecule has 1 N–H and O–H groups in total. The Bertz CT molecular complexity index is 1530. The molecule has 0 amide bonds. The zero-order chi connectivity index (χ0) is 24.9. The van der Waals surface area contributed by atoms with Crippen LogP contribution < -0.4 is 14.9 Å². The number of benzene rings is 3. The van der Waals surface area contributed by atoms with Gasteiger partial charge in [-0.05, 0) is 53.9 Å². The lowest BCUT2D eigenvalue weighted by Gasteiger charge is -2.11. The molecule has 0 aliphatic carbocycles. The van der Waals surface area contributed by atoms with E-state index in [0.29, 0.717) is 29.1 Å². The first-order chi connectivity index (χ1) is 17.7. The molecule has 36 heavy (non-hydrogen) atoms. The number of halogens is 1. The van der Waals surface area contributed by atoms with E-state index in [0.717, 1.165) is 46.2 Å². The molecule has 0 fully saturated rings. The highest BCUT2D eigenvalue weighted by Gasteiger charge is 2.14. The van der Waals surface area contributed by atoms with Crippen LogP contribution in [0, 0.1) is 0 Å². The molecular weight excluding hydrogens is 476 g/mol. The minimum Gasteiger partial charge on any atom is -0.493 e. The van der Waals surface area contributed by atoms with Crippen molar-refractivity contribution in [3.8, 4) is 11.5 Å². The van der Waals surface area contributed by atoms with Gasteiger partial charge in [-0.2, -0.15) is 10.1 Å². The summed E-state index contributed by atoms with van der Waals surface area (Å²) in [5.74, 6) is 1.57. The molecule has 0 aliphatic rings. The number of hydrazone groups is 1. The first-order valence-corrected chi connectivity index (χ1v) is 12.0. The quantitative estimate of drug-likeness (QED) is 0.195. The Morgan fingerprint density at radius 3 is 2.67 bits per heavy atom. The molecule has 8 nitrogen and oxygen atoms in total. The van der Waals surface area contributed by atoms with Crippen molar-refractivity contribution in [3.05, 3.63) is 82.9 Å². The Balaban J connectivity index is 1.31. The van der Waals surface area contributed by atoms with Crippen LogP contribution in [0.2, 0.25) is 5.02 Å². The highest BCUT2D eigenvalue weighted by atomic mass is 35.5. The fourth-order valence-corrected chi connectivity index (χ4v) is 4.12. The Hall–Kier alpha value is -4.17. The Morgan fingerprint density at radius 1 is 1.03 bits per heavy atom. The summed E-state index contributed by atoms with van der Waals surface area (Å²) in [6.07, 6.45) is 2.65. The maximum atomic E-state index is 5.95. The van der Waals surface area contributed by atoms with Gasteiger partial charge < -0.3 is 14.0 Å². The normalized spacial score (nSPS) is 11.4. The first-order valence-electron chi connectivity index (χ1n) is 11.6. The van der Waals surface area contributed by atoms with Crippen molar-refractivity contribution in [1.29, 1.82) is 0 Å². The topological polar surface area (TPSA) is 86.5 Å². The number of rotatable bonds is 9. The van der Waals surface area contributed by atoms with Crippen molar-refractivity contribution in [2.45, 2.75) is 26.5 Å². The van der Waals surface area contributed by atoms with Crippen LogP contribution >= 0.6 is 11.6 Å². The number of ether oxygens (including phenoxy) is 2. The van der Waals surface area contributed by atoms with E-state index in [2.05, 4.69) is 43.3 Å². The van der Waals surface area contributed by atoms with E-state index in [9.17, 15) is 0 Å². The molecule has 182 valence electrons. The average Bonchev–Trinajstić information content (AvgIpc) is 3.22. The predicted molar refractivity (Wildman–Crippen MR) is 143 cm³/mol. The van der Waals surface area contributed by atoms with E-state index in [1.54, 1.807) is 13.3 Å². The van der Waals surface area contributed by atoms with E-state index < -0.39 is 0 Å². The summed E-state index contributed by atoms with van der Waals surface area (Å²) < 4.78 is 13.6. The molecule has 5 rings (SSSR count). The van der Waals surface area contributed by atoms with Crippen LogP contribution in [0.1, 0.15) is 24.5 Å². The number of aromatic nitrogens is 4. The molecule has 0 aliphatic heterocycles. The zero-order valence-electron chi connectivity index (χ0n) is 20.0. The number of hydrogen-bond acceptors (Lipinski definition) is 7. The lowest BCUT2D eigenvalue weighted by Crippen LogP contribution is -2.03. The molecular formula is C27H25ClN6O2. The van der Waals surface area contributed by atoms with Crippen LogP contribution in [0.5, 0.6) is 11.5 Å². The number of methoxy groups -OCH3 is 1. The third kappa shape index (κ3) is 4.94. The molecule has 9 heteroatoms. The van der Waals surface area contributed by atoms with Gasteiger partial charge in [-0.1, -0.05) is 48.9 Å². The second-order valence-corrected chi connectivity index (χ2v) is 8.61. The van der Waals surface area contributed by atoms with Crippen molar-refractivity contribution >= 4 is 45.8 Å². The number of fused-ring (bicyclic) bond motifs is 3. The SMILES string of the molecule is CCCn1c2ccccc2c2nnc(N/N=C/c3ccc(OCc4ccc(Cl)cc4)c(OC)c3)nc21. The molecule has 2 aromatic heterocycles. The number of aryl methyl sites for hydroxylation is 1. The maximum absolute atomic E-state index is 5.95. The van der Waals surface area contributed by atoms with Gasteiger partial charge in [-0.3, -0.25) is 0 Å². The standard InChI is InChI=1S/C27H25ClN6O2/c1-3-14-34-22-7-5-4-6-21(22)25-26(34)30-27(33-31-25)32-29-16-19-10-13-23(24(15-19)35-2)36-17-18-8-11-20(28)12-9-18/h4-13,15-16H,3,14,17H2,1-2H3,(H,30,32,33)/b29-16+. The molecule has 0 saturated carbocycles. The minimum absolute atomic E-state index is 0.328. The number of nitrogens with zero attached hydrogens (tertiary/aromatic N) is 5. The van der Waals surface area contributed by atoms with Gasteiger partial charge in [0.1, 0.15) is 12.1 Å². The fraction of sp³-hybridized carbons (Fsp3) is 0.185. The zero-order valence-corrected chi connectivity index (χ0v) is 20.7. The van der Waals surface area contributed by atoms with Gasteiger partial charge in [0.25, 0.3) is 5.95 Å². The van der Waals surface area contributed by atoms with Gasteiger partial charge in [0.15, 0.2) is 17.1 Å². The number of anilines is 1. The summed E-state index contributed by atoms with van der Waals surface area (Å²) in [6.45, 7) is 3.39. The van der Waals surface area contributed by atoms with E-state index >= 15 is 0 Å². The van der Waals surface area contributed by atoms with E-state index in [-0.39, 0.29) is 0 Å². The Labute approximate surface area is 213 Å². The summed E-state index contributed by atoms with van der Waals surface area (Å²) in [5.41, 5.74) is 7.40. The molecule has 5 aromatic rings. The van der Waals surface area contributed by atoms with Crippen LogP contribution in [0.15, 0.2) is 71.8 Å². The Morgan fingerprint density at radius 2 is 1.86 bits per heavy atom. The van der Waals surface area contributed by atoms with Crippen molar-refractivity contribution in [1.82, 2.24) is 19.7 Å². The molecule has 0 spiro atoms. The second-order valence-electron chi connectivity index (χ2n) is 8.17. The number of nitrogens with one attached hydrogen (secondary N) is 1. The fourth-order valence-electron chi connectivity index (χ4n) is 3.99. The van der Waals surface area contributed by atoms with E-state index in [1.165, 1.54) is 0 Å². The minimum atomic E-state index is 0.328. The van der Waals surface area contributed by atoms with Gasteiger partial charge in [0.2, 0.25) is 0 Å². The van der Waals surface area contributed by atoms with Crippen molar-refractivity contribution < 1.29 is 9.47 Å². The lowest BCUT2D eigenvalue weighted by molar-refractivity contribution is 0.284. The highest BCUT2D eigenvalue weighted by molar-refractivity contribution is 6.30. The highest BCUT2D eigenvalue weighted by Crippen LogP contribution is 2.29. The smallest absolute Gasteiger partial charge is 0.265 e. The van der Waals surface area contributed by atoms with Gasteiger partial charge >= 0.3 is 0 Å². The second kappa shape index (κ2) is 10.6. The maximum Gasteiger partial charge on any atom is 0.265 e. The lowest BCUT2D eigenvalue weighted by atomic mass is 10.2. The van der Waals surface area contributed by atoms with Gasteiger partial charge in [-0.25, -0.2) is 5.43 Å². The van der Waals surface area contributed by atoms with Gasteiger partial charge in [-0.15, -0.1) is 10.2 Å². The van der Waals surface area contributed by atoms with Crippen LogP contribution in [0.25, 0.3) is 22.1 Å². The summed E-state index contributed by atoms with van der Waals surface area (Å²) in [6, 6.07) is 21.3. The number of hydrogen-bond donors (Lipinski definition) is 1. The van der Waals surface area contributed by atoms with E-state index in [4.69, 9.17) is 21.1 Å². The molecule has 2 heterocycles. The van der Waals surface area contributed by atoms with Crippen LogP contribution in [0.4, 0.5) is 5.95 Å². The first kappa shape index (κ1) is 23.6. The number of para-hydroxylation sites is 1. The summed E-state index contributed by atoms with van der Waals surface area (Å²) in [4.78, 5) is 4.68. The summed E-state index contributed by atoms with van der Waals surface area (Å²) in [7, 11) is 1.60. The molecule has 0 saturated heterocycles. The van der Waals surface area contributed by atoms with Crippen LogP contribution in [-0.2, 0) is 13.2 Å². The molecule has 0 unspecified atom stereocenters. The largest absolute Gasteiger partial charge is 0.493 e. The molecule has 0 atom stereocenters. The van der Waals surface area contributed by atoms with Crippen molar-refractivity contribution in [2.24, 2.45) is 5.10 Å². The third-order valence-corrected chi connectivity index (χ3v) is 5.95. The summed E-state index contributed by atoms with van der Waals surface area (Å²) in [5, 5.41) is 14.7.